The minimum absolute atomic E-state index is 0.0645. The Morgan fingerprint density at radius 2 is 1.77 bits per heavy atom. The van der Waals surface area contributed by atoms with Crippen molar-refractivity contribution in [3.63, 3.8) is 0 Å². The summed E-state index contributed by atoms with van der Waals surface area (Å²) in [4.78, 5) is 25.9. The number of allylic oxidation sites excluding steroid dienone is 1. The third-order valence-corrected chi connectivity index (χ3v) is 6.96. The summed E-state index contributed by atoms with van der Waals surface area (Å²) in [6.45, 7) is 7.50. The van der Waals surface area contributed by atoms with Crippen LogP contribution in [0.15, 0.2) is 22.5 Å². The molecule has 0 unspecified atom stereocenters. The Bertz CT molecular complexity index is 773. The zero-order valence-corrected chi connectivity index (χ0v) is 15.6. The van der Waals surface area contributed by atoms with Crippen LogP contribution in [-0.4, -0.2) is 45.4 Å². The Morgan fingerprint density at radius 1 is 1.12 bits per heavy atom. The number of ketones is 2. The number of aliphatic hydroxyl groups is 3. The maximum Gasteiger partial charge on any atom is 0.233 e. The van der Waals surface area contributed by atoms with Gasteiger partial charge in [0.2, 0.25) is 11.6 Å². The molecule has 0 radical (unpaired) electrons. The van der Waals surface area contributed by atoms with Gasteiger partial charge in [-0.2, -0.15) is 0 Å². The van der Waals surface area contributed by atoms with Crippen LogP contribution in [-0.2, 0) is 14.3 Å². The quantitative estimate of drug-likeness (QED) is 0.485. The van der Waals surface area contributed by atoms with Crippen molar-refractivity contribution in [3.05, 3.63) is 22.5 Å². The van der Waals surface area contributed by atoms with Crippen molar-refractivity contribution in [2.24, 2.45) is 22.7 Å². The van der Waals surface area contributed by atoms with Gasteiger partial charge in [0.25, 0.3) is 0 Å². The third-order valence-electron chi connectivity index (χ3n) is 6.96. The van der Waals surface area contributed by atoms with Crippen LogP contribution in [0.1, 0.15) is 47.0 Å². The molecule has 0 amide bonds. The highest BCUT2D eigenvalue weighted by Gasteiger charge is 2.70. The van der Waals surface area contributed by atoms with Gasteiger partial charge in [0.05, 0.1) is 11.5 Å². The molecule has 6 nitrogen and oxygen atoms in total. The topological polar surface area (TPSA) is 104 Å². The van der Waals surface area contributed by atoms with E-state index in [4.69, 9.17) is 4.74 Å². The Kier molecular flexibility index (Phi) is 3.63. The molecule has 2 bridgehead atoms. The predicted molar refractivity (Wildman–Crippen MR) is 92.0 cm³/mol. The van der Waals surface area contributed by atoms with Gasteiger partial charge in [0.15, 0.2) is 6.29 Å². The second kappa shape index (κ2) is 5.27. The minimum Gasteiger partial charge on any atom is -0.507 e. The van der Waals surface area contributed by atoms with Crippen LogP contribution >= 0.6 is 0 Å². The van der Waals surface area contributed by atoms with Gasteiger partial charge in [-0.05, 0) is 24.2 Å². The number of rotatable bonds is 1. The fourth-order valence-electron chi connectivity index (χ4n) is 6.05. The number of ether oxygens (including phenoxy) is 1. The summed E-state index contributed by atoms with van der Waals surface area (Å²) >= 11 is 0. The highest BCUT2D eigenvalue weighted by Crippen LogP contribution is 2.66. The molecule has 1 saturated heterocycles. The second-order valence-corrected chi connectivity index (χ2v) is 9.12. The fourth-order valence-corrected chi connectivity index (χ4v) is 6.05. The number of hydrogen-bond acceptors (Lipinski definition) is 6. The van der Waals surface area contributed by atoms with Gasteiger partial charge < -0.3 is 20.1 Å². The number of aliphatic hydroxyl groups excluding tert-OH is 3. The van der Waals surface area contributed by atoms with Gasteiger partial charge in [-0.3, -0.25) is 9.59 Å². The first-order valence-electron chi connectivity index (χ1n) is 9.34. The highest BCUT2D eigenvalue weighted by atomic mass is 16.6. The van der Waals surface area contributed by atoms with E-state index in [2.05, 4.69) is 0 Å². The monoisotopic (exact) mass is 362 g/mol. The first-order valence-corrected chi connectivity index (χ1v) is 9.34. The molecule has 5 rings (SSSR count). The highest BCUT2D eigenvalue weighted by molar-refractivity contribution is 6.50. The summed E-state index contributed by atoms with van der Waals surface area (Å²) in [5, 5.41) is 32.7. The van der Waals surface area contributed by atoms with Crippen molar-refractivity contribution in [2.45, 2.75) is 65.5 Å². The normalized spacial score (nSPS) is 41.7. The van der Waals surface area contributed by atoms with Crippen molar-refractivity contribution in [1.82, 2.24) is 0 Å². The average Bonchev–Trinajstić information content (AvgIpc) is 2.52. The van der Waals surface area contributed by atoms with Crippen LogP contribution in [0.25, 0.3) is 0 Å². The van der Waals surface area contributed by atoms with Crippen LogP contribution < -0.4 is 0 Å². The summed E-state index contributed by atoms with van der Waals surface area (Å²) < 4.78 is 5.69. The van der Waals surface area contributed by atoms with Crippen molar-refractivity contribution in [1.29, 1.82) is 0 Å². The van der Waals surface area contributed by atoms with Crippen molar-refractivity contribution in [3.8, 4) is 0 Å². The van der Waals surface area contributed by atoms with Crippen molar-refractivity contribution in [2.75, 3.05) is 0 Å². The summed E-state index contributed by atoms with van der Waals surface area (Å²) in [5.41, 5.74) is -1.04. The molecule has 2 aliphatic heterocycles. The molecule has 0 aromatic heterocycles. The molecule has 2 fully saturated rings. The molecule has 26 heavy (non-hydrogen) atoms. The Balaban J connectivity index is 2.05. The number of carbonyl (C=O) groups is 2. The van der Waals surface area contributed by atoms with E-state index in [1.54, 1.807) is 13.8 Å². The number of hydrogen-bond donors (Lipinski definition) is 3. The molecule has 1 spiro atoms. The molecule has 3 aliphatic carbocycles. The molecule has 0 aromatic carbocycles. The van der Waals surface area contributed by atoms with Crippen molar-refractivity contribution < 1.29 is 29.6 Å². The fraction of sp³-hybridized carbons (Fsp3) is 0.700. The van der Waals surface area contributed by atoms with E-state index >= 15 is 0 Å². The van der Waals surface area contributed by atoms with Crippen LogP contribution in [0.4, 0.5) is 0 Å². The van der Waals surface area contributed by atoms with Gasteiger partial charge >= 0.3 is 0 Å². The first kappa shape index (κ1) is 17.9. The number of Topliss-reactive ketones (excluding diaryl/α,β-unsaturated/α-hetero) is 2. The van der Waals surface area contributed by atoms with E-state index in [1.807, 2.05) is 13.8 Å². The molecular formula is C20H26O6. The smallest absolute Gasteiger partial charge is 0.233 e. The summed E-state index contributed by atoms with van der Waals surface area (Å²) in [5.74, 6) is -2.37. The predicted octanol–water partition coefficient (Wildman–Crippen LogP) is 1.81. The van der Waals surface area contributed by atoms with Gasteiger partial charge in [-0.25, -0.2) is 0 Å². The molecule has 0 aromatic rings. The first-order chi connectivity index (χ1) is 12.1. The van der Waals surface area contributed by atoms with E-state index in [1.165, 1.54) is 0 Å². The van der Waals surface area contributed by atoms with E-state index in [-0.39, 0.29) is 33.8 Å². The minimum atomic E-state index is -1.27. The van der Waals surface area contributed by atoms with E-state index in [0.29, 0.717) is 6.42 Å². The molecule has 6 heteroatoms. The van der Waals surface area contributed by atoms with Gasteiger partial charge in [-0.1, -0.05) is 34.1 Å². The van der Waals surface area contributed by atoms with E-state index in [9.17, 15) is 24.9 Å². The zero-order valence-electron chi connectivity index (χ0n) is 15.6. The molecule has 3 N–H and O–H groups in total. The maximum absolute atomic E-state index is 13.1. The lowest BCUT2D eigenvalue weighted by molar-refractivity contribution is -0.306. The molecule has 2 heterocycles. The van der Waals surface area contributed by atoms with Gasteiger partial charge in [0.1, 0.15) is 11.9 Å². The Hall–Kier alpha value is -1.50. The molecular weight excluding hydrogens is 336 g/mol. The van der Waals surface area contributed by atoms with Crippen molar-refractivity contribution >= 4 is 11.6 Å². The second-order valence-electron chi connectivity index (χ2n) is 9.12. The average molecular weight is 362 g/mol. The van der Waals surface area contributed by atoms with Crippen LogP contribution in [0.3, 0.4) is 0 Å². The van der Waals surface area contributed by atoms with E-state index in [0.717, 1.165) is 12.8 Å². The van der Waals surface area contributed by atoms with E-state index < -0.39 is 41.4 Å². The third kappa shape index (κ3) is 1.87. The lowest BCUT2D eigenvalue weighted by Gasteiger charge is -2.64. The lowest BCUT2D eigenvalue weighted by atomic mass is 9.45. The molecule has 142 valence electrons. The molecule has 5 aliphatic rings. The lowest BCUT2D eigenvalue weighted by Crippen LogP contribution is -2.70. The maximum atomic E-state index is 13.1. The number of fused-ring (bicyclic) bond motifs is 1. The van der Waals surface area contributed by atoms with Crippen LogP contribution in [0.2, 0.25) is 0 Å². The summed E-state index contributed by atoms with van der Waals surface area (Å²) in [7, 11) is 0. The Morgan fingerprint density at radius 3 is 2.38 bits per heavy atom. The van der Waals surface area contributed by atoms with Crippen LogP contribution in [0.5, 0.6) is 0 Å². The zero-order chi connectivity index (χ0) is 19.2. The SMILES string of the molecule is CC(C)C1=C(O)C2=C(C(=O)C1=O)[C@@]13CCCC(C)(C)[C@@H]1[C@@H](O)[C@@H]2O[C@H]3O. The molecule has 5 atom stereocenters. The van der Waals surface area contributed by atoms with Gasteiger partial charge in [0, 0.05) is 22.6 Å². The largest absolute Gasteiger partial charge is 0.507 e. The number of carbonyl (C=O) groups excluding carboxylic acids is 2. The summed E-state index contributed by atoms with van der Waals surface area (Å²) in [6, 6.07) is 0. The van der Waals surface area contributed by atoms with Crippen LogP contribution in [0, 0.1) is 22.7 Å². The molecule has 1 saturated carbocycles. The standard InChI is InChI=1S/C20H26O6/c1-8(2)9-12(21)10-11(14(23)13(9)22)20-7-5-6-19(3,4)17(20)15(24)16(10)26-18(20)25/h8,15-18,21,24-25H,5-7H2,1-4H3/t15-,16+,17-,18+,20-/m0/s1. The Labute approximate surface area is 152 Å². The summed E-state index contributed by atoms with van der Waals surface area (Å²) in [6.07, 6.45) is -1.21. The van der Waals surface area contributed by atoms with Gasteiger partial charge in [-0.15, -0.1) is 0 Å².